The first-order valence-electron chi connectivity index (χ1n) is 6.39. The van der Waals surface area contributed by atoms with Crippen LogP contribution in [0.25, 0.3) is 11.1 Å². The summed E-state index contributed by atoms with van der Waals surface area (Å²) in [7, 11) is 0. The summed E-state index contributed by atoms with van der Waals surface area (Å²) in [5.41, 5.74) is 2.68. The number of aromatic nitrogens is 1. The van der Waals surface area contributed by atoms with Gasteiger partial charge in [0.2, 0.25) is 0 Å². The van der Waals surface area contributed by atoms with Crippen molar-refractivity contribution in [3.8, 4) is 17.2 Å². The summed E-state index contributed by atoms with van der Waals surface area (Å²) in [5.74, 6) is 0.517. The summed E-state index contributed by atoms with van der Waals surface area (Å²) in [5, 5.41) is 9.07. The Bertz CT molecular complexity index is 662. The molecule has 1 aromatic carbocycles. The molecule has 0 fully saturated rings. The van der Waals surface area contributed by atoms with Crippen LogP contribution in [0.5, 0.6) is 0 Å². The summed E-state index contributed by atoms with van der Waals surface area (Å²) < 4.78 is 0. The van der Waals surface area contributed by atoms with E-state index in [0.717, 1.165) is 12.0 Å². The van der Waals surface area contributed by atoms with E-state index in [2.05, 4.69) is 31.0 Å². The second kappa shape index (κ2) is 5.53. The third-order valence-corrected chi connectivity index (χ3v) is 3.48. The summed E-state index contributed by atoms with van der Waals surface area (Å²) in [6.45, 7) is 4.34. The van der Waals surface area contributed by atoms with E-state index in [-0.39, 0.29) is 11.1 Å². The Morgan fingerprint density at radius 3 is 2.53 bits per heavy atom. The minimum atomic E-state index is -0.342. The highest BCUT2D eigenvalue weighted by molar-refractivity contribution is 5.69. The molecule has 19 heavy (non-hydrogen) atoms. The number of pyridine rings is 1. The summed E-state index contributed by atoms with van der Waals surface area (Å²) in [6, 6.07) is 11.8. The van der Waals surface area contributed by atoms with Gasteiger partial charge in [0.05, 0.1) is 0 Å². The van der Waals surface area contributed by atoms with Crippen LogP contribution in [0.1, 0.15) is 37.3 Å². The van der Waals surface area contributed by atoms with Crippen molar-refractivity contribution < 1.29 is 0 Å². The van der Waals surface area contributed by atoms with E-state index in [1.165, 1.54) is 5.56 Å². The molecule has 2 rings (SSSR count). The minimum Gasteiger partial charge on any atom is -0.328 e. The standard InChI is InChI=1S/C16H16N2O/c1-3-11(2)12-4-6-13(7-5-12)14-8-9-18-16(19)15(14)10-17/h4-9,11H,3H2,1-2H3,(H,18,19). The lowest BCUT2D eigenvalue weighted by Gasteiger charge is -2.10. The van der Waals surface area contributed by atoms with Crippen molar-refractivity contribution in [2.45, 2.75) is 26.2 Å². The zero-order valence-electron chi connectivity index (χ0n) is 11.1. The summed E-state index contributed by atoms with van der Waals surface area (Å²) >= 11 is 0. The molecule has 0 aliphatic heterocycles. The largest absolute Gasteiger partial charge is 0.328 e. The maximum absolute atomic E-state index is 11.6. The maximum Gasteiger partial charge on any atom is 0.266 e. The fraction of sp³-hybridized carbons (Fsp3) is 0.250. The maximum atomic E-state index is 11.6. The number of aromatic amines is 1. The zero-order chi connectivity index (χ0) is 13.8. The van der Waals surface area contributed by atoms with Crippen molar-refractivity contribution in [3.63, 3.8) is 0 Å². The van der Waals surface area contributed by atoms with Gasteiger partial charge in [-0.3, -0.25) is 4.79 Å². The van der Waals surface area contributed by atoms with Gasteiger partial charge in [-0.05, 0) is 29.5 Å². The van der Waals surface area contributed by atoms with E-state index in [9.17, 15) is 4.79 Å². The van der Waals surface area contributed by atoms with Crippen molar-refractivity contribution in [2.24, 2.45) is 0 Å². The van der Waals surface area contributed by atoms with Gasteiger partial charge in [-0.1, -0.05) is 38.1 Å². The number of H-pyrrole nitrogens is 1. The molecule has 0 spiro atoms. The highest BCUT2D eigenvalue weighted by Crippen LogP contribution is 2.24. The van der Waals surface area contributed by atoms with Crippen molar-refractivity contribution in [1.82, 2.24) is 4.98 Å². The second-order valence-electron chi connectivity index (χ2n) is 4.64. The van der Waals surface area contributed by atoms with Crippen LogP contribution in [-0.2, 0) is 0 Å². The number of nitrogens with one attached hydrogen (secondary N) is 1. The van der Waals surface area contributed by atoms with Crippen LogP contribution < -0.4 is 5.56 Å². The monoisotopic (exact) mass is 252 g/mol. The molecule has 0 radical (unpaired) electrons. The molecular weight excluding hydrogens is 236 g/mol. The van der Waals surface area contributed by atoms with Crippen molar-refractivity contribution in [1.29, 1.82) is 5.26 Å². The third-order valence-electron chi connectivity index (χ3n) is 3.48. The highest BCUT2D eigenvalue weighted by Gasteiger charge is 2.09. The minimum absolute atomic E-state index is 0.166. The van der Waals surface area contributed by atoms with Crippen LogP contribution in [0, 0.1) is 11.3 Å². The van der Waals surface area contributed by atoms with E-state index >= 15 is 0 Å². The second-order valence-corrected chi connectivity index (χ2v) is 4.64. The van der Waals surface area contributed by atoms with Crippen molar-refractivity contribution >= 4 is 0 Å². The molecule has 1 atom stereocenters. The number of rotatable bonds is 3. The fourth-order valence-corrected chi connectivity index (χ4v) is 2.06. The Morgan fingerprint density at radius 2 is 1.95 bits per heavy atom. The average Bonchev–Trinajstić information content (AvgIpc) is 2.46. The number of hydrogen-bond donors (Lipinski definition) is 1. The van der Waals surface area contributed by atoms with Gasteiger partial charge in [-0.2, -0.15) is 5.26 Å². The van der Waals surface area contributed by atoms with Gasteiger partial charge in [0.25, 0.3) is 5.56 Å². The topological polar surface area (TPSA) is 56.6 Å². The fourth-order valence-electron chi connectivity index (χ4n) is 2.06. The van der Waals surface area contributed by atoms with Crippen LogP contribution in [0.15, 0.2) is 41.3 Å². The van der Waals surface area contributed by atoms with Crippen LogP contribution >= 0.6 is 0 Å². The van der Waals surface area contributed by atoms with Gasteiger partial charge >= 0.3 is 0 Å². The normalized spacial score (nSPS) is 11.8. The first-order chi connectivity index (χ1) is 9.17. The lowest BCUT2D eigenvalue weighted by molar-refractivity contribution is 0.734. The smallest absolute Gasteiger partial charge is 0.266 e. The van der Waals surface area contributed by atoms with Crippen LogP contribution in [0.4, 0.5) is 0 Å². The van der Waals surface area contributed by atoms with Gasteiger partial charge in [0, 0.05) is 11.8 Å². The SMILES string of the molecule is CCC(C)c1ccc(-c2cc[nH]c(=O)c2C#N)cc1. The number of hydrogen-bond acceptors (Lipinski definition) is 2. The van der Waals surface area contributed by atoms with E-state index in [1.807, 2.05) is 18.2 Å². The molecule has 3 heteroatoms. The third kappa shape index (κ3) is 2.58. The Balaban J connectivity index is 2.47. The number of nitriles is 1. The highest BCUT2D eigenvalue weighted by atomic mass is 16.1. The van der Waals surface area contributed by atoms with Gasteiger partial charge in [0.15, 0.2) is 0 Å². The van der Waals surface area contributed by atoms with Crippen LogP contribution in [0.3, 0.4) is 0 Å². The molecular formula is C16H16N2O. The number of nitrogens with zero attached hydrogens (tertiary/aromatic N) is 1. The number of benzene rings is 1. The molecule has 0 amide bonds. The Morgan fingerprint density at radius 1 is 1.26 bits per heavy atom. The Kier molecular flexibility index (Phi) is 3.82. The van der Waals surface area contributed by atoms with Gasteiger partial charge in [0.1, 0.15) is 11.6 Å². The van der Waals surface area contributed by atoms with E-state index in [0.29, 0.717) is 11.5 Å². The average molecular weight is 252 g/mol. The van der Waals surface area contributed by atoms with Crippen LogP contribution in [-0.4, -0.2) is 4.98 Å². The predicted molar refractivity (Wildman–Crippen MR) is 75.9 cm³/mol. The quantitative estimate of drug-likeness (QED) is 0.909. The zero-order valence-corrected chi connectivity index (χ0v) is 11.1. The van der Waals surface area contributed by atoms with Gasteiger partial charge in [-0.15, -0.1) is 0 Å². The molecule has 1 aromatic heterocycles. The van der Waals surface area contributed by atoms with Gasteiger partial charge in [-0.25, -0.2) is 0 Å². The molecule has 0 aliphatic carbocycles. The van der Waals surface area contributed by atoms with Gasteiger partial charge < -0.3 is 4.98 Å². The van der Waals surface area contributed by atoms with E-state index in [1.54, 1.807) is 12.3 Å². The Hall–Kier alpha value is -2.34. The van der Waals surface area contributed by atoms with Crippen molar-refractivity contribution in [3.05, 3.63) is 58.0 Å². The van der Waals surface area contributed by atoms with Crippen LogP contribution in [0.2, 0.25) is 0 Å². The molecule has 2 aromatic rings. The molecule has 1 heterocycles. The molecule has 96 valence electrons. The first kappa shape index (κ1) is 13.1. The van der Waals surface area contributed by atoms with Crippen molar-refractivity contribution in [2.75, 3.05) is 0 Å². The molecule has 0 aliphatic rings. The molecule has 0 saturated heterocycles. The summed E-state index contributed by atoms with van der Waals surface area (Å²) in [6.07, 6.45) is 2.66. The lowest BCUT2D eigenvalue weighted by Crippen LogP contribution is -2.10. The molecule has 1 unspecified atom stereocenters. The molecule has 0 bridgehead atoms. The molecule has 1 N–H and O–H groups in total. The molecule has 3 nitrogen and oxygen atoms in total. The molecule has 0 saturated carbocycles. The van der Waals surface area contributed by atoms with E-state index in [4.69, 9.17) is 5.26 Å². The Labute approximate surface area is 112 Å². The lowest BCUT2D eigenvalue weighted by atomic mass is 9.95. The first-order valence-corrected chi connectivity index (χ1v) is 6.39. The van der Waals surface area contributed by atoms with E-state index < -0.39 is 0 Å². The summed E-state index contributed by atoms with van der Waals surface area (Å²) in [4.78, 5) is 14.1. The predicted octanol–water partition coefficient (Wildman–Crippen LogP) is 3.43.